The van der Waals surface area contributed by atoms with E-state index in [9.17, 15) is 14.4 Å². The maximum absolute atomic E-state index is 13.2. The number of nitrogens with zero attached hydrogens (tertiary/aromatic N) is 1. The van der Waals surface area contributed by atoms with E-state index in [1.54, 1.807) is 4.90 Å². The van der Waals surface area contributed by atoms with Crippen molar-refractivity contribution >= 4 is 17.8 Å². The Kier molecular flexibility index (Phi) is 2.86. The minimum atomic E-state index is -0.958. The molecule has 2 saturated carbocycles. The number of ether oxygens (including phenoxy) is 2. The number of hydrogen-bond acceptors (Lipinski definition) is 5. The summed E-state index contributed by atoms with van der Waals surface area (Å²) in [5.74, 6) is -0.464. The van der Waals surface area contributed by atoms with E-state index >= 15 is 0 Å². The lowest BCUT2D eigenvalue weighted by molar-refractivity contribution is -0.156. The predicted octanol–water partition coefficient (Wildman–Crippen LogP) is 1.05. The highest BCUT2D eigenvalue weighted by atomic mass is 16.6. The molecule has 5 rings (SSSR count). The van der Waals surface area contributed by atoms with Crippen LogP contribution in [0, 0.1) is 23.7 Å². The quantitative estimate of drug-likeness (QED) is 0.439. The van der Waals surface area contributed by atoms with Crippen molar-refractivity contribution in [2.45, 2.75) is 50.4 Å². The topological polar surface area (TPSA) is 72.9 Å². The monoisotopic (exact) mass is 331 g/mol. The average molecular weight is 331 g/mol. The van der Waals surface area contributed by atoms with Gasteiger partial charge in [0.05, 0.1) is 17.9 Å². The number of carbonyl (C=O) groups excluding carboxylic acids is 3. The first kappa shape index (κ1) is 14.6. The van der Waals surface area contributed by atoms with Gasteiger partial charge in [-0.1, -0.05) is 12.5 Å². The zero-order valence-corrected chi connectivity index (χ0v) is 13.6. The number of hydrogen-bond donors (Lipinski definition) is 0. The zero-order valence-electron chi connectivity index (χ0n) is 13.6. The molecule has 0 aromatic heterocycles. The van der Waals surface area contributed by atoms with Crippen LogP contribution in [0.4, 0.5) is 0 Å². The standard InChI is InChI=1S/C18H21NO5/c1-9(20)23-8-18-5-4-13(24-18)14-15(18)17(22)19(16(14)21)12-7-10-2-3-11(12)6-10/h4-5,10-15H,2-3,6-8H2,1H3/t10-,11-,12+,13+,14-,15-,18+/m0/s1. The number of imide groups is 1. The molecule has 3 heterocycles. The van der Waals surface area contributed by atoms with Gasteiger partial charge in [-0.2, -0.15) is 0 Å². The summed E-state index contributed by atoms with van der Waals surface area (Å²) in [4.78, 5) is 38.9. The van der Waals surface area contributed by atoms with E-state index in [2.05, 4.69) is 0 Å². The first-order valence-electron chi connectivity index (χ1n) is 8.87. The molecule has 4 bridgehead atoms. The van der Waals surface area contributed by atoms with Gasteiger partial charge >= 0.3 is 5.97 Å². The molecule has 4 fully saturated rings. The maximum atomic E-state index is 13.2. The fourth-order valence-corrected chi connectivity index (χ4v) is 5.76. The molecule has 2 amide bonds. The Morgan fingerprint density at radius 1 is 1.33 bits per heavy atom. The van der Waals surface area contributed by atoms with Crippen molar-refractivity contribution in [2.24, 2.45) is 23.7 Å². The number of carbonyl (C=O) groups is 3. The highest BCUT2D eigenvalue weighted by Crippen LogP contribution is 2.55. The van der Waals surface area contributed by atoms with Crippen LogP contribution in [0.5, 0.6) is 0 Å². The van der Waals surface area contributed by atoms with Crippen LogP contribution in [-0.2, 0) is 23.9 Å². The van der Waals surface area contributed by atoms with Gasteiger partial charge in [-0.25, -0.2) is 0 Å². The number of rotatable bonds is 3. The third-order valence-electron chi connectivity index (χ3n) is 6.72. The normalized spacial score (nSPS) is 47.8. The second-order valence-corrected chi connectivity index (χ2v) is 7.97. The Morgan fingerprint density at radius 2 is 2.17 bits per heavy atom. The lowest BCUT2D eigenvalue weighted by Crippen LogP contribution is -2.48. The minimum absolute atomic E-state index is 0.0000796. The molecule has 2 aliphatic carbocycles. The van der Waals surface area contributed by atoms with E-state index in [-0.39, 0.29) is 30.6 Å². The molecule has 7 atom stereocenters. The third kappa shape index (κ3) is 1.72. The molecule has 0 aromatic rings. The summed E-state index contributed by atoms with van der Waals surface area (Å²) in [6.07, 6.45) is 7.75. The molecule has 0 unspecified atom stereocenters. The largest absolute Gasteiger partial charge is 0.462 e. The van der Waals surface area contributed by atoms with Crippen molar-refractivity contribution in [3.05, 3.63) is 12.2 Å². The summed E-state index contributed by atoms with van der Waals surface area (Å²) in [7, 11) is 0. The molecule has 0 aromatic carbocycles. The van der Waals surface area contributed by atoms with Crippen LogP contribution in [0.25, 0.3) is 0 Å². The van der Waals surface area contributed by atoms with E-state index in [0.717, 1.165) is 19.3 Å². The van der Waals surface area contributed by atoms with Crippen molar-refractivity contribution < 1.29 is 23.9 Å². The molecular formula is C18H21NO5. The molecule has 0 spiro atoms. The SMILES string of the molecule is CC(=O)OC[C@@]12C=C[C@@H](O1)[C@@H]1C(=O)N([C@@H]3C[C@H]4CC[C@H]3C4)C(=O)[C@H]12. The molecule has 6 nitrogen and oxygen atoms in total. The predicted molar refractivity (Wildman–Crippen MR) is 81.4 cm³/mol. The summed E-state index contributed by atoms with van der Waals surface area (Å²) in [5, 5.41) is 0. The van der Waals surface area contributed by atoms with E-state index in [4.69, 9.17) is 9.47 Å². The van der Waals surface area contributed by atoms with Gasteiger partial charge in [0, 0.05) is 13.0 Å². The van der Waals surface area contributed by atoms with Crippen LogP contribution in [0.15, 0.2) is 12.2 Å². The Bertz CT molecular complexity index is 672. The van der Waals surface area contributed by atoms with E-state index < -0.39 is 23.4 Å². The molecule has 0 radical (unpaired) electrons. The number of esters is 1. The van der Waals surface area contributed by atoms with Gasteiger partial charge in [-0.15, -0.1) is 0 Å². The molecular weight excluding hydrogens is 310 g/mol. The first-order valence-corrected chi connectivity index (χ1v) is 8.87. The van der Waals surface area contributed by atoms with Crippen molar-refractivity contribution in [2.75, 3.05) is 6.61 Å². The maximum Gasteiger partial charge on any atom is 0.302 e. The highest BCUT2D eigenvalue weighted by Gasteiger charge is 2.69. The molecule has 3 aliphatic heterocycles. The second-order valence-electron chi connectivity index (χ2n) is 7.97. The van der Waals surface area contributed by atoms with E-state index in [1.165, 1.54) is 13.3 Å². The Morgan fingerprint density at radius 3 is 2.83 bits per heavy atom. The van der Waals surface area contributed by atoms with Gasteiger partial charge in [0.1, 0.15) is 12.2 Å². The molecule has 128 valence electrons. The van der Waals surface area contributed by atoms with E-state index in [1.807, 2.05) is 12.2 Å². The van der Waals surface area contributed by atoms with Gasteiger partial charge in [-0.05, 0) is 37.2 Å². The average Bonchev–Trinajstić information content (AvgIpc) is 3.32. The lowest BCUT2D eigenvalue weighted by Gasteiger charge is -2.32. The Hall–Kier alpha value is -1.69. The molecule has 6 heteroatoms. The summed E-state index contributed by atoms with van der Waals surface area (Å²) in [5.41, 5.74) is -0.958. The van der Waals surface area contributed by atoms with Crippen molar-refractivity contribution in [1.82, 2.24) is 4.90 Å². The summed E-state index contributed by atoms with van der Waals surface area (Å²) in [6.45, 7) is 1.34. The van der Waals surface area contributed by atoms with Crippen molar-refractivity contribution in [1.29, 1.82) is 0 Å². The van der Waals surface area contributed by atoms with Crippen LogP contribution in [0.3, 0.4) is 0 Å². The van der Waals surface area contributed by atoms with Crippen molar-refractivity contribution in [3.8, 4) is 0 Å². The molecule has 24 heavy (non-hydrogen) atoms. The van der Waals surface area contributed by atoms with Crippen LogP contribution in [0.2, 0.25) is 0 Å². The van der Waals surface area contributed by atoms with Gasteiger partial charge in [0.25, 0.3) is 0 Å². The molecule has 2 saturated heterocycles. The van der Waals surface area contributed by atoms with Crippen LogP contribution in [0.1, 0.15) is 32.6 Å². The number of amides is 2. The summed E-state index contributed by atoms with van der Waals surface area (Å²) in [6, 6.07) is 0.0690. The third-order valence-corrected chi connectivity index (χ3v) is 6.72. The lowest BCUT2D eigenvalue weighted by atomic mass is 9.77. The second kappa shape index (κ2) is 4.69. The van der Waals surface area contributed by atoms with Gasteiger partial charge in [0.2, 0.25) is 11.8 Å². The Labute approximate surface area is 140 Å². The van der Waals surface area contributed by atoms with Crippen LogP contribution < -0.4 is 0 Å². The molecule has 5 aliphatic rings. The summed E-state index contributed by atoms with van der Waals surface area (Å²) >= 11 is 0. The van der Waals surface area contributed by atoms with Gasteiger partial charge in [-0.3, -0.25) is 19.3 Å². The number of likely N-dealkylation sites (tertiary alicyclic amines) is 1. The highest BCUT2D eigenvalue weighted by molar-refractivity contribution is 6.07. The van der Waals surface area contributed by atoms with Gasteiger partial charge in [0.15, 0.2) is 0 Å². The molecule has 0 N–H and O–H groups in total. The van der Waals surface area contributed by atoms with Crippen LogP contribution >= 0.6 is 0 Å². The minimum Gasteiger partial charge on any atom is -0.462 e. The number of fused-ring (bicyclic) bond motifs is 7. The zero-order chi connectivity index (χ0) is 16.6. The summed E-state index contributed by atoms with van der Waals surface area (Å²) < 4.78 is 11.1. The fourth-order valence-electron chi connectivity index (χ4n) is 5.76. The van der Waals surface area contributed by atoms with Crippen LogP contribution in [-0.4, -0.2) is 47.0 Å². The van der Waals surface area contributed by atoms with Gasteiger partial charge < -0.3 is 9.47 Å². The first-order chi connectivity index (χ1) is 11.5. The van der Waals surface area contributed by atoms with Crippen molar-refractivity contribution in [3.63, 3.8) is 0 Å². The smallest absolute Gasteiger partial charge is 0.302 e. The fraction of sp³-hybridized carbons (Fsp3) is 0.722. The van der Waals surface area contributed by atoms with E-state index in [0.29, 0.717) is 11.8 Å². The Balaban J connectivity index is 1.45.